The monoisotopic (exact) mass is 377 g/mol. The van der Waals surface area contributed by atoms with Crippen LogP contribution in [0.3, 0.4) is 0 Å². The summed E-state index contributed by atoms with van der Waals surface area (Å²) in [5, 5.41) is 17.7. The fourth-order valence-electron chi connectivity index (χ4n) is 4.00. The molecule has 144 valence electrons. The molecule has 1 amide bonds. The minimum absolute atomic E-state index is 0.0601. The summed E-state index contributed by atoms with van der Waals surface area (Å²) in [4.78, 5) is 12.5. The summed E-state index contributed by atoms with van der Waals surface area (Å²) in [5.74, 6) is 0.961. The smallest absolute Gasteiger partial charge is 0.226 e. The first-order chi connectivity index (χ1) is 13.4. The van der Waals surface area contributed by atoms with Crippen LogP contribution in [0.4, 0.5) is 5.82 Å². The number of carbonyl (C=O) groups excluding carboxylic acids is 1. The number of hydrogen-bond acceptors (Lipinski definition) is 4. The fraction of sp³-hybridized carbons (Fsp3) is 0.273. The highest BCUT2D eigenvalue weighted by molar-refractivity contribution is 5.95. The average Bonchev–Trinajstić information content (AvgIpc) is 2.97. The van der Waals surface area contributed by atoms with Crippen molar-refractivity contribution >= 4 is 11.7 Å². The van der Waals surface area contributed by atoms with E-state index in [2.05, 4.69) is 23.5 Å². The Bertz CT molecular complexity index is 1060. The molecule has 28 heavy (non-hydrogen) atoms. The van der Waals surface area contributed by atoms with Crippen LogP contribution in [-0.4, -0.2) is 27.9 Å². The average molecular weight is 377 g/mol. The normalized spacial score (nSPS) is 15.9. The highest BCUT2D eigenvalue weighted by Gasteiger charge is 2.33. The van der Waals surface area contributed by atoms with Gasteiger partial charge in [0.2, 0.25) is 5.91 Å². The van der Waals surface area contributed by atoms with Gasteiger partial charge >= 0.3 is 0 Å². The van der Waals surface area contributed by atoms with Crippen molar-refractivity contribution in [3.8, 4) is 17.2 Å². The van der Waals surface area contributed by atoms with E-state index in [-0.39, 0.29) is 17.6 Å². The van der Waals surface area contributed by atoms with E-state index in [0.717, 1.165) is 33.6 Å². The molecule has 1 atom stereocenters. The lowest BCUT2D eigenvalue weighted by molar-refractivity contribution is -0.116. The molecule has 4 rings (SSSR count). The van der Waals surface area contributed by atoms with E-state index in [1.165, 1.54) is 7.11 Å². The maximum Gasteiger partial charge on any atom is 0.226 e. The number of hydrogen-bond donors (Lipinski definition) is 2. The minimum Gasteiger partial charge on any atom is -0.504 e. The molecule has 1 aliphatic heterocycles. The van der Waals surface area contributed by atoms with Crippen LogP contribution in [0.15, 0.2) is 36.4 Å². The number of phenolic OH excluding ortho intramolecular Hbond substituents is 1. The van der Waals surface area contributed by atoms with E-state index < -0.39 is 0 Å². The Morgan fingerprint density at radius 3 is 2.54 bits per heavy atom. The molecule has 2 heterocycles. The number of ether oxygens (including phenoxy) is 1. The topological polar surface area (TPSA) is 76.4 Å². The van der Waals surface area contributed by atoms with Crippen molar-refractivity contribution in [1.29, 1.82) is 0 Å². The highest BCUT2D eigenvalue weighted by Crippen LogP contribution is 2.42. The van der Waals surface area contributed by atoms with Gasteiger partial charge in [0.15, 0.2) is 11.5 Å². The second-order valence-corrected chi connectivity index (χ2v) is 7.34. The largest absolute Gasteiger partial charge is 0.504 e. The minimum atomic E-state index is -0.155. The summed E-state index contributed by atoms with van der Waals surface area (Å²) in [6, 6.07) is 11.4. The molecular weight excluding hydrogens is 354 g/mol. The number of rotatable bonds is 3. The number of aromatic hydroxyl groups is 1. The Kier molecular flexibility index (Phi) is 4.34. The number of anilines is 1. The lowest BCUT2D eigenvalue weighted by Crippen LogP contribution is -2.25. The number of phenols is 1. The molecule has 0 spiro atoms. The standard InChI is InChI=1S/C22H23N3O3/c1-12-7-13(2)9-16(8-12)25-22-21(14(3)24-25)17(11-20(27)23-22)15-5-6-18(26)19(10-15)28-4/h5-10,17,26H,11H2,1-4H3,(H,23,27). The Morgan fingerprint density at radius 2 is 1.86 bits per heavy atom. The molecule has 1 aromatic heterocycles. The summed E-state index contributed by atoms with van der Waals surface area (Å²) in [6.45, 7) is 6.05. The number of aromatic nitrogens is 2. The quantitative estimate of drug-likeness (QED) is 0.724. The van der Waals surface area contributed by atoms with Gasteiger partial charge in [-0.05, 0) is 61.7 Å². The first-order valence-corrected chi connectivity index (χ1v) is 9.22. The summed E-state index contributed by atoms with van der Waals surface area (Å²) >= 11 is 0. The predicted octanol–water partition coefficient (Wildman–Crippen LogP) is 3.99. The molecule has 6 heteroatoms. The van der Waals surface area contributed by atoms with E-state index in [0.29, 0.717) is 18.0 Å². The van der Waals surface area contributed by atoms with Crippen LogP contribution in [0.1, 0.15) is 40.3 Å². The van der Waals surface area contributed by atoms with E-state index in [1.54, 1.807) is 12.1 Å². The highest BCUT2D eigenvalue weighted by atomic mass is 16.5. The van der Waals surface area contributed by atoms with Gasteiger partial charge in [-0.25, -0.2) is 4.68 Å². The number of methoxy groups -OCH3 is 1. The third kappa shape index (κ3) is 3.01. The molecule has 0 bridgehead atoms. The Balaban J connectivity index is 1.88. The maximum atomic E-state index is 12.5. The van der Waals surface area contributed by atoms with Crippen molar-refractivity contribution in [2.24, 2.45) is 0 Å². The maximum absolute atomic E-state index is 12.5. The van der Waals surface area contributed by atoms with Gasteiger partial charge in [0.05, 0.1) is 18.5 Å². The summed E-state index contributed by atoms with van der Waals surface area (Å²) < 4.78 is 7.06. The van der Waals surface area contributed by atoms with Crippen LogP contribution in [0, 0.1) is 20.8 Å². The number of benzene rings is 2. The summed E-state index contributed by atoms with van der Waals surface area (Å²) in [7, 11) is 1.52. The molecule has 2 aromatic carbocycles. The van der Waals surface area contributed by atoms with Crippen LogP contribution < -0.4 is 10.1 Å². The molecule has 1 unspecified atom stereocenters. The summed E-state index contributed by atoms with van der Waals surface area (Å²) in [6.07, 6.45) is 0.320. The molecule has 3 aromatic rings. The van der Waals surface area contributed by atoms with Crippen molar-refractivity contribution < 1.29 is 14.6 Å². The van der Waals surface area contributed by atoms with Gasteiger partial charge in [-0.3, -0.25) is 4.79 Å². The van der Waals surface area contributed by atoms with Crippen molar-refractivity contribution in [1.82, 2.24) is 9.78 Å². The number of nitrogens with one attached hydrogen (secondary N) is 1. The van der Waals surface area contributed by atoms with E-state index in [4.69, 9.17) is 9.84 Å². The van der Waals surface area contributed by atoms with Crippen molar-refractivity contribution in [2.45, 2.75) is 33.1 Å². The van der Waals surface area contributed by atoms with Crippen molar-refractivity contribution in [2.75, 3.05) is 12.4 Å². The SMILES string of the molecule is COc1cc(C2CC(=O)Nc3c2c(C)nn3-c2cc(C)cc(C)c2)ccc1O. The first kappa shape index (κ1) is 18.1. The number of fused-ring (bicyclic) bond motifs is 1. The van der Waals surface area contributed by atoms with E-state index in [1.807, 2.05) is 31.5 Å². The Hall–Kier alpha value is -3.28. The third-order valence-electron chi connectivity index (χ3n) is 5.16. The van der Waals surface area contributed by atoms with Gasteiger partial charge in [0.1, 0.15) is 5.82 Å². The van der Waals surface area contributed by atoms with Crippen LogP contribution >= 0.6 is 0 Å². The molecule has 2 N–H and O–H groups in total. The zero-order valence-corrected chi connectivity index (χ0v) is 16.4. The van der Waals surface area contributed by atoms with E-state index >= 15 is 0 Å². The second kappa shape index (κ2) is 6.71. The zero-order chi connectivity index (χ0) is 20.0. The molecule has 6 nitrogen and oxygen atoms in total. The van der Waals surface area contributed by atoms with Gasteiger partial charge in [-0.1, -0.05) is 12.1 Å². The molecule has 0 radical (unpaired) electrons. The molecule has 0 saturated heterocycles. The molecular formula is C22H23N3O3. The number of nitrogens with zero attached hydrogens (tertiary/aromatic N) is 2. The van der Waals surface area contributed by atoms with Gasteiger partial charge in [0.25, 0.3) is 0 Å². The van der Waals surface area contributed by atoms with Crippen LogP contribution in [0.25, 0.3) is 5.69 Å². The van der Waals surface area contributed by atoms with Gasteiger partial charge in [-0.2, -0.15) is 5.10 Å². The third-order valence-corrected chi connectivity index (χ3v) is 5.16. The molecule has 0 aliphatic carbocycles. The van der Waals surface area contributed by atoms with Crippen LogP contribution in [0.2, 0.25) is 0 Å². The molecule has 0 fully saturated rings. The van der Waals surface area contributed by atoms with Crippen molar-refractivity contribution in [3.05, 3.63) is 64.3 Å². The Morgan fingerprint density at radius 1 is 1.14 bits per heavy atom. The van der Waals surface area contributed by atoms with Gasteiger partial charge in [0, 0.05) is 17.9 Å². The second-order valence-electron chi connectivity index (χ2n) is 7.34. The van der Waals surface area contributed by atoms with Gasteiger partial charge in [-0.15, -0.1) is 0 Å². The number of aryl methyl sites for hydroxylation is 3. The van der Waals surface area contributed by atoms with Gasteiger partial charge < -0.3 is 15.2 Å². The summed E-state index contributed by atoms with van der Waals surface area (Å²) in [5.41, 5.74) is 5.97. The number of carbonyl (C=O) groups is 1. The number of amides is 1. The molecule has 1 aliphatic rings. The Labute approximate surface area is 163 Å². The molecule has 0 saturated carbocycles. The lowest BCUT2D eigenvalue weighted by Gasteiger charge is -2.25. The van der Waals surface area contributed by atoms with Crippen LogP contribution in [0.5, 0.6) is 11.5 Å². The lowest BCUT2D eigenvalue weighted by atomic mass is 9.85. The first-order valence-electron chi connectivity index (χ1n) is 9.22. The predicted molar refractivity (Wildman–Crippen MR) is 108 cm³/mol. The van der Waals surface area contributed by atoms with Crippen molar-refractivity contribution in [3.63, 3.8) is 0 Å². The fourth-order valence-corrected chi connectivity index (χ4v) is 4.00. The van der Waals surface area contributed by atoms with E-state index in [9.17, 15) is 9.90 Å². The van der Waals surface area contributed by atoms with Crippen LogP contribution in [-0.2, 0) is 4.79 Å². The zero-order valence-electron chi connectivity index (χ0n) is 16.4.